The van der Waals surface area contributed by atoms with Gasteiger partial charge in [-0.3, -0.25) is 0 Å². The Labute approximate surface area is 118 Å². The molecule has 106 valence electrons. The van der Waals surface area contributed by atoms with E-state index in [2.05, 4.69) is 0 Å². The highest BCUT2D eigenvalue weighted by Crippen LogP contribution is 2.31. The number of rotatable bonds is 3. The summed E-state index contributed by atoms with van der Waals surface area (Å²) in [4.78, 5) is 0. The van der Waals surface area contributed by atoms with Gasteiger partial charge in [-0.15, -0.1) is 0 Å². The predicted octanol–water partition coefficient (Wildman–Crippen LogP) is 3.84. The largest absolute Gasteiger partial charge is 0.496 e. The summed E-state index contributed by atoms with van der Waals surface area (Å²) in [6.45, 7) is 5.66. The topological polar surface area (TPSA) is 29.5 Å². The third kappa shape index (κ3) is 2.68. The first-order valence-electron chi connectivity index (χ1n) is 6.53. The molecule has 1 unspecified atom stereocenters. The van der Waals surface area contributed by atoms with Gasteiger partial charge in [-0.25, -0.2) is 4.39 Å². The Kier molecular flexibility index (Phi) is 4.09. The van der Waals surface area contributed by atoms with Crippen molar-refractivity contribution in [3.63, 3.8) is 0 Å². The Bertz CT molecular complexity index is 635. The van der Waals surface area contributed by atoms with Crippen molar-refractivity contribution in [1.29, 1.82) is 0 Å². The number of hydrogen-bond acceptors (Lipinski definition) is 2. The highest BCUT2D eigenvalue weighted by atomic mass is 19.1. The lowest BCUT2D eigenvalue weighted by atomic mass is 9.94. The smallest absolute Gasteiger partial charge is 0.129 e. The maximum Gasteiger partial charge on any atom is 0.129 e. The van der Waals surface area contributed by atoms with E-state index >= 15 is 0 Å². The number of methoxy groups -OCH3 is 1. The van der Waals surface area contributed by atoms with Crippen LogP contribution >= 0.6 is 0 Å². The van der Waals surface area contributed by atoms with Crippen molar-refractivity contribution in [3.05, 3.63) is 64.0 Å². The first-order chi connectivity index (χ1) is 9.43. The van der Waals surface area contributed by atoms with Gasteiger partial charge in [0.25, 0.3) is 0 Å². The zero-order valence-corrected chi connectivity index (χ0v) is 12.2. The third-order valence-corrected chi connectivity index (χ3v) is 3.52. The summed E-state index contributed by atoms with van der Waals surface area (Å²) in [5.41, 5.74) is 3.72. The van der Waals surface area contributed by atoms with Gasteiger partial charge in [0, 0.05) is 5.56 Å². The molecule has 2 rings (SSSR count). The molecule has 1 atom stereocenters. The lowest BCUT2D eigenvalue weighted by Crippen LogP contribution is -2.06. The molecule has 0 aromatic heterocycles. The van der Waals surface area contributed by atoms with E-state index < -0.39 is 11.9 Å². The Morgan fingerprint density at radius 3 is 2.35 bits per heavy atom. The van der Waals surface area contributed by atoms with Crippen molar-refractivity contribution < 1.29 is 14.2 Å². The van der Waals surface area contributed by atoms with Gasteiger partial charge in [0.15, 0.2) is 0 Å². The summed E-state index contributed by atoms with van der Waals surface area (Å²) < 4.78 is 19.2. The van der Waals surface area contributed by atoms with E-state index in [1.165, 1.54) is 6.07 Å². The standard InChI is InChI=1S/C17H19FO2/c1-10-5-6-15(18)14(7-10)17(19)13-8-12(3)16(20-4)9-11(13)2/h5-9,17,19H,1-4H3. The molecule has 2 nitrogen and oxygen atoms in total. The molecule has 0 fully saturated rings. The molecule has 0 saturated carbocycles. The second-order valence-electron chi connectivity index (χ2n) is 5.11. The SMILES string of the molecule is COc1cc(C)c(C(O)c2cc(C)ccc2F)cc1C. The molecule has 2 aromatic rings. The minimum absolute atomic E-state index is 0.303. The number of halogens is 1. The molecule has 1 N–H and O–H groups in total. The Hall–Kier alpha value is -1.87. The Morgan fingerprint density at radius 1 is 1.00 bits per heavy atom. The van der Waals surface area contributed by atoms with Crippen LogP contribution in [-0.4, -0.2) is 12.2 Å². The maximum atomic E-state index is 13.9. The van der Waals surface area contributed by atoms with Gasteiger partial charge in [0.1, 0.15) is 17.7 Å². The molecule has 0 radical (unpaired) electrons. The van der Waals surface area contributed by atoms with E-state index in [4.69, 9.17) is 4.74 Å². The van der Waals surface area contributed by atoms with Crippen molar-refractivity contribution in [3.8, 4) is 5.75 Å². The molecular weight excluding hydrogens is 255 g/mol. The van der Waals surface area contributed by atoms with Gasteiger partial charge < -0.3 is 9.84 Å². The first kappa shape index (κ1) is 14.5. The molecular formula is C17H19FO2. The fourth-order valence-corrected chi connectivity index (χ4v) is 2.37. The van der Waals surface area contributed by atoms with Crippen LogP contribution in [0.1, 0.15) is 33.9 Å². The van der Waals surface area contributed by atoms with Gasteiger partial charge in [-0.2, -0.15) is 0 Å². The van der Waals surface area contributed by atoms with E-state index in [0.29, 0.717) is 11.1 Å². The van der Waals surface area contributed by atoms with Gasteiger partial charge in [0.05, 0.1) is 7.11 Å². The molecule has 3 heteroatoms. The van der Waals surface area contributed by atoms with Crippen LogP contribution in [0.2, 0.25) is 0 Å². The fraction of sp³-hybridized carbons (Fsp3) is 0.294. The number of aliphatic hydroxyl groups is 1. The summed E-state index contributed by atoms with van der Waals surface area (Å²) in [5.74, 6) is 0.374. The van der Waals surface area contributed by atoms with Crippen LogP contribution in [0.4, 0.5) is 4.39 Å². The van der Waals surface area contributed by atoms with Gasteiger partial charge in [0.2, 0.25) is 0 Å². The number of aliphatic hydroxyl groups excluding tert-OH is 1. The van der Waals surface area contributed by atoms with Crippen LogP contribution in [0.3, 0.4) is 0 Å². The molecule has 0 heterocycles. The monoisotopic (exact) mass is 274 g/mol. The molecule has 0 spiro atoms. The van der Waals surface area contributed by atoms with Crippen LogP contribution in [0.25, 0.3) is 0 Å². The van der Waals surface area contributed by atoms with Crippen LogP contribution in [0, 0.1) is 26.6 Å². The zero-order chi connectivity index (χ0) is 14.9. The Balaban J connectivity index is 2.50. The average molecular weight is 274 g/mol. The molecule has 0 aliphatic carbocycles. The van der Waals surface area contributed by atoms with Gasteiger partial charge in [-0.1, -0.05) is 17.7 Å². The molecule has 0 saturated heterocycles. The maximum absolute atomic E-state index is 13.9. The van der Waals surface area contributed by atoms with Crippen molar-refractivity contribution in [2.45, 2.75) is 26.9 Å². The number of aryl methyl sites for hydroxylation is 3. The van der Waals surface area contributed by atoms with E-state index in [1.54, 1.807) is 19.2 Å². The molecule has 0 amide bonds. The number of hydrogen-bond donors (Lipinski definition) is 1. The van der Waals surface area contributed by atoms with Gasteiger partial charge in [-0.05, 0) is 55.7 Å². The summed E-state index contributed by atoms with van der Waals surface area (Å²) in [5, 5.41) is 10.5. The average Bonchev–Trinajstić information content (AvgIpc) is 2.42. The van der Waals surface area contributed by atoms with Crippen molar-refractivity contribution in [1.82, 2.24) is 0 Å². The highest BCUT2D eigenvalue weighted by molar-refractivity contribution is 5.45. The predicted molar refractivity (Wildman–Crippen MR) is 77.7 cm³/mol. The number of ether oxygens (including phenoxy) is 1. The van der Waals surface area contributed by atoms with E-state index in [0.717, 1.165) is 22.4 Å². The van der Waals surface area contributed by atoms with Crippen LogP contribution in [0.5, 0.6) is 5.75 Å². The second kappa shape index (κ2) is 5.63. The van der Waals surface area contributed by atoms with Crippen molar-refractivity contribution in [2.24, 2.45) is 0 Å². The van der Waals surface area contributed by atoms with E-state index in [-0.39, 0.29) is 0 Å². The molecule has 0 aliphatic heterocycles. The minimum Gasteiger partial charge on any atom is -0.496 e. The quantitative estimate of drug-likeness (QED) is 0.921. The summed E-state index contributed by atoms with van der Waals surface area (Å²) in [6.07, 6.45) is -0.973. The molecule has 2 aromatic carbocycles. The summed E-state index contributed by atoms with van der Waals surface area (Å²) in [6, 6.07) is 8.47. The second-order valence-corrected chi connectivity index (χ2v) is 5.11. The van der Waals surface area contributed by atoms with Crippen molar-refractivity contribution >= 4 is 0 Å². The van der Waals surface area contributed by atoms with Crippen LogP contribution < -0.4 is 4.74 Å². The van der Waals surface area contributed by atoms with Crippen LogP contribution in [-0.2, 0) is 0 Å². The summed E-state index contributed by atoms with van der Waals surface area (Å²) >= 11 is 0. The fourth-order valence-electron chi connectivity index (χ4n) is 2.37. The van der Waals surface area contributed by atoms with Crippen molar-refractivity contribution in [2.75, 3.05) is 7.11 Å². The van der Waals surface area contributed by atoms with Gasteiger partial charge >= 0.3 is 0 Å². The first-order valence-corrected chi connectivity index (χ1v) is 6.53. The molecule has 0 aliphatic rings. The Morgan fingerprint density at radius 2 is 1.70 bits per heavy atom. The zero-order valence-electron chi connectivity index (χ0n) is 12.2. The number of benzene rings is 2. The lowest BCUT2D eigenvalue weighted by molar-refractivity contribution is 0.214. The third-order valence-electron chi connectivity index (χ3n) is 3.52. The van der Waals surface area contributed by atoms with E-state index in [9.17, 15) is 9.50 Å². The molecule has 20 heavy (non-hydrogen) atoms. The highest BCUT2D eigenvalue weighted by Gasteiger charge is 2.18. The minimum atomic E-state index is -0.973. The normalized spacial score (nSPS) is 12.3. The lowest BCUT2D eigenvalue weighted by Gasteiger charge is -2.18. The summed E-state index contributed by atoms with van der Waals surface area (Å²) in [7, 11) is 1.61. The molecule has 0 bridgehead atoms. The van der Waals surface area contributed by atoms with Crippen LogP contribution in [0.15, 0.2) is 30.3 Å². The van der Waals surface area contributed by atoms with E-state index in [1.807, 2.05) is 32.9 Å².